The molecular formula is C21H24N2O2. The van der Waals surface area contributed by atoms with Crippen molar-refractivity contribution in [1.82, 2.24) is 10.2 Å². The third kappa shape index (κ3) is 3.74. The fourth-order valence-corrected chi connectivity index (χ4v) is 3.78. The Morgan fingerprint density at radius 2 is 1.84 bits per heavy atom. The highest BCUT2D eigenvalue weighted by molar-refractivity contribution is 6.09. The maximum Gasteiger partial charge on any atom is 0.234 e. The molecule has 1 atom stereocenters. The van der Waals surface area contributed by atoms with Crippen molar-refractivity contribution in [3.05, 3.63) is 48.0 Å². The summed E-state index contributed by atoms with van der Waals surface area (Å²) in [6.07, 6.45) is 4.09. The fraction of sp³-hybridized carbons (Fsp3) is 0.429. The summed E-state index contributed by atoms with van der Waals surface area (Å²) >= 11 is 0. The molecule has 25 heavy (non-hydrogen) atoms. The van der Waals surface area contributed by atoms with Crippen LogP contribution in [0, 0.1) is 5.92 Å². The number of nitrogens with zero attached hydrogens (tertiary/aromatic N) is 1. The average Bonchev–Trinajstić information content (AvgIpc) is 3.44. The SMILES string of the molecule is O=C(CN1CCC[C@@H](C(=O)c2cccc3ccccc23)C1)NC1CC1. The van der Waals surface area contributed by atoms with E-state index in [0.29, 0.717) is 19.1 Å². The maximum absolute atomic E-state index is 13.1. The Morgan fingerprint density at radius 1 is 1.04 bits per heavy atom. The molecule has 1 aliphatic carbocycles. The summed E-state index contributed by atoms with van der Waals surface area (Å²) in [6.45, 7) is 1.99. The molecule has 0 aromatic heterocycles. The number of benzene rings is 2. The number of carbonyl (C=O) groups excluding carboxylic acids is 2. The van der Waals surface area contributed by atoms with Crippen LogP contribution >= 0.6 is 0 Å². The standard InChI is InChI=1S/C21H24N2O2/c24-20(22-17-10-11-17)14-23-12-4-7-16(13-23)21(25)19-9-3-6-15-5-1-2-8-18(15)19/h1-3,5-6,8-9,16-17H,4,7,10-14H2,(H,22,24)/t16-/m1/s1. The first-order valence-corrected chi connectivity index (χ1v) is 9.24. The lowest BCUT2D eigenvalue weighted by Crippen LogP contribution is -2.44. The van der Waals surface area contributed by atoms with Gasteiger partial charge in [-0.3, -0.25) is 14.5 Å². The van der Waals surface area contributed by atoms with E-state index >= 15 is 0 Å². The number of rotatable bonds is 5. The third-order valence-electron chi connectivity index (χ3n) is 5.24. The van der Waals surface area contributed by atoms with Gasteiger partial charge in [0, 0.05) is 24.1 Å². The summed E-state index contributed by atoms with van der Waals surface area (Å²) in [5.41, 5.74) is 0.812. The van der Waals surface area contributed by atoms with Crippen LogP contribution in [-0.4, -0.2) is 42.3 Å². The molecule has 4 rings (SSSR count). The van der Waals surface area contributed by atoms with Gasteiger partial charge in [0.15, 0.2) is 5.78 Å². The molecule has 1 heterocycles. The van der Waals surface area contributed by atoms with Crippen LogP contribution in [0.25, 0.3) is 10.8 Å². The molecule has 1 N–H and O–H groups in total. The van der Waals surface area contributed by atoms with E-state index in [-0.39, 0.29) is 17.6 Å². The zero-order valence-electron chi connectivity index (χ0n) is 14.4. The highest BCUT2D eigenvalue weighted by atomic mass is 16.2. The van der Waals surface area contributed by atoms with E-state index in [4.69, 9.17) is 0 Å². The predicted octanol–water partition coefficient (Wildman–Crippen LogP) is 3.01. The van der Waals surface area contributed by atoms with E-state index < -0.39 is 0 Å². The molecule has 0 unspecified atom stereocenters. The van der Waals surface area contributed by atoms with Gasteiger partial charge in [0.25, 0.3) is 0 Å². The van der Waals surface area contributed by atoms with Crippen LogP contribution in [-0.2, 0) is 4.79 Å². The topological polar surface area (TPSA) is 49.4 Å². The quantitative estimate of drug-likeness (QED) is 0.854. The first kappa shape index (κ1) is 16.3. The van der Waals surface area contributed by atoms with E-state index in [2.05, 4.69) is 10.2 Å². The Labute approximate surface area is 148 Å². The van der Waals surface area contributed by atoms with E-state index in [1.54, 1.807) is 0 Å². The monoisotopic (exact) mass is 336 g/mol. The van der Waals surface area contributed by atoms with Gasteiger partial charge < -0.3 is 5.32 Å². The smallest absolute Gasteiger partial charge is 0.234 e. The Kier molecular flexibility index (Phi) is 4.53. The van der Waals surface area contributed by atoms with E-state index in [0.717, 1.165) is 48.6 Å². The van der Waals surface area contributed by atoms with Gasteiger partial charge >= 0.3 is 0 Å². The van der Waals surface area contributed by atoms with E-state index in [1.807, 2.05) is 42.5 Å². The third-order valence-corrected chi connectivity index (χ3v) is 5.24. The second kappa shape index (κ2) is 6.96. The van der Waals surface area contributed by atoms with Crippen molar-refractivity contribution >= 4 is 22.5 Å². The molecular weight excluding hydrogens is 312 g/mol. The molecule has 2 aliphatic rings. The van der Waals surface area contributed by atoms with E-state index in [1.165, 1.54) is 0 Å². The minimum absolute atomic E-state index is 0.0201. The molecule has 2 aromatic carbocycles. The Balaban J connectivity index is 1.46. The summed E-state index contributed by atoms with van der Waals surface area (Å²) < 4.78 is 0. The summed E-state index contributed by atoms with van der Waals surface area (Å²) in [7, 11) is 0. The first-order chi connectivity index (χ1) is 12.2. The lowest BCUT2D eigenvalue weighted by Gasteiger charge is -2.31. The number of fused-ring (bicyclic) bond motifs is 1. The van der Waals surface area contributed by atoms with Crippen molar-refractivity contribution in [2.24, 2.45) is 5.92 Å². The number of piperidine rings is 1. The average molecular weight is 336 g/mol. The number of hydrogen-bond acceptors (Lipinski definition) is 3. The Bertz CT molecular complexity index is 792. The van der Waals surface area contributed by atoms with Gasteiger partial charge in [-0.15, -0.1) is 0 Å². The lowest BCUT2D eigenvalue weighted by atomic mass is 9.88. The summed E-state index contributed by atoms with van der Waals surface area (Å²) in [6, 6.07) is 14.4. The van der Waals surface area contributed by atoms with Crippen molar-refractivity contribution in [2.45, 2.75) is 31.7 Å². The normalized spacial score (nSPS) is 21.2. The molecule has 130 valence electrons. The van der Waals surface area contributed by atoms with Gasteiger partial charge in [0.05, 0.1) is 6.54 Å². The van der Waals surface area contributed by atoms with Crippen LogP contribution in [0.15, 0.2) is 42.5 Å². The number of ketones is 1. The van der Waals surface area contributed by atoms with Crippen molar-refractivity contribution in [1.29, 1.82) is 0 Å². The molecule has 4 heteroatoms. The van der Waals surface area contributed by atoms with Crippen LogP contribution in [0.3, 0.4) is 0 Å². The number of nitrogens with one attached hydrogen (secondary N) is 1. The van der Waals surface area contributed by atoms with Crippen LogP contribution in [0.4, 0.5) is 0 Å². The van der Waals surface area contributed by atoms with Gasteiger partial charge in [-0.2, -0.15) is 0 Å². The van der Waals surface area contributed by atoms with Crippen LogP contribution in [0.5, 0.6) is 0 Å². The molecule has 2 fully saturated rings. The first-order valence-electron chi connectivity index (χ1n) is 9.24. The molecule has 0 bridgehead atoms. The zero-order valence-corrected chi connectivity index (χ0v) is 14.4. The minimum atomic E-state index is -0.0201. The summed E-state index contributed by atoms with van der Waals surface area (Å²) in [5.74, 6) is 0.290. The second-order valence-electron chi connectivity index (χ2n) is 7.31. The van der Waals surface area contributed by atoms with Crippen LogP contribution in [0.2, 0.25) is 0 Å². The van der Waals surface area contributed by atoms with Crippen molar-refractivity contribution in [3.63, 3.8) is 0 Å². The van der Waals surface area contributed by atoms with Crippen LogP contribution in [0.1, 0.15) is 36.0 Å². The molecule has 2 aromatic rings. The predicted molar refractivity (Wildman–Crippen MR) is 98.6 cm³/mol. The highest BCUT2D eigenvalue weighted by Gasteiger charge is 2.29. The second-order valence-corrected chi connectivity index (χ2v) is 7.31. The van der Waals surface area contributed by atoms with Crippen molar-refractivity contribution in [2.75, 3.05) is 19.6 Å². The minimum Gasteiger partial charge on any atom is -0.352 e. The number of Topliss-reactive ketones (excluding diaryl/α,β-unsaturated/α-hetero) is 1. The summed E-state index contributed by atoms with van der Waals surface area (Å²) in [5, 5.41) is 5.16. The highest BCUT2D eigenvalue weighted by Crippen LogP contribution is 2.26. The van der Waals surface area contributed by atoms with Gasteiger partial charge in [-0.25, -0.2) is 0 Å². The zero-order chi connectivity index (χ0) is 17.2. The van der Waals surface area contributed by atoms with Crippen molar-refractivity contribution < 1.29 is 9.59 Å². The molecule has 1 amide bonds. The maximum atomic E-state index is 13.1. The number of hydrogen-bond donors (Lipinski definition) is 1. The number of amides is 1. The molecule has 0 radical (unpaired) electrons. The number of carbonyl (C=O) groups is 2. The molecule has 1 aliphatic heterocycles. The Morgan fingerprint density at radius 3 is 2.68 bits per heavy atom. The van der Waals surface area contributed by atoms with Crippen molar-refractivity contribution in [3.8, 4) is 0 Å². The largest absolute Gasteiger partial charge is 0.352 e. The molecule has 0 spiro atoms. The van der Waals surface area contributed by atoms with Gasteiger partial charge in [-0.05, 0) is 43.0 Å². The number of likely N-dealkylation sites (tertiary alicyclic amines) is 1. The lowest BCUT2D eigenvalue weighted by molar-refractivity contribution is -0.122. The van der Waals surface area contributed by atoms with Gasteiger partial charge in [0.1, 0.15) is 0 Å². The molecule has 1 saturated carbocycles. The summed E-state index contributed by atoms with van der Waals surface area (Å²) in [4.78, 5) is 27.3. The van der Waals surface area contributed by atoms with Gasteiger partial charge in [-0.1, -0.05) is 42.5 Å². The van der Waals surface area contributed by atoms with Gasteiger partial charge in [0.2, 0.25) is 5.91 Å². The van der Waals surface area contributed by atoms with E-state index in [9.17, 15) is 9.59 Å². The molecule has 4 nitrogen and oxygen atoms in total. The Hall–Kier alpha value is -2.20. The fourth-order valence-electron chi connectivity index (χ4n) is 3.78. The molecule has 1 saturated heterocycles. The van der Waals surface area contributed by atoms with Crippen LogP contribution < -0.4 is 5.32 Å².